The van der Waals surface area contributed by atoms with Gasteiger partial charge in [-0.2, -0.15) is 5.26 Å². The lowest BCUT2D eigenvalue weighted by atomic mass is 10.0. The highest BCUT2D eigenvalue weighted by molar-refractivity contribution is 5.86. The van der Waals surface area contributed by atoms with Crippen LogP contribution >= 0.6 is 0 Å². The van der Waals surface area contributed by atoms with Gasteiger partial charge in [-0.25, -0.2) is 9.18 Å². The van der Waals surface area contributed by atoms with Crippen molar-refractivity contribution in [1.82, 2.24) is 0 Å². The number of halogens is 1. The van der Waals surface area contributed by atoms with E-state index in [0.717, 1.165) is 6.07 Å². The van der Waals surface area contributed by atoms with Gasteiger partial charge in [0, 0.05) is 5.39 Å². The Bertz CT molecular complexity index is 970. The van der Waals surface area contributed by atoms with Crippen LogP contribution in [0.1, 0.15) is 5.56 Å². The molecule has 108 valence electrons. The molecule has 0 aliphatic carbocycles. The zero-order valence-corrected chi connectivity index (χ0v) is 11.6. The minimum absolute atomic E-state index is 0.00991. The molecular formula is C17H10FNO3. The fraction of sp³-hybridized carbons (Fsp3) is 0.0588. The maximum Gasteiger partial charge on any atom is 0.344 e. The van der Waals surface area contributed by atoms with E-state index in [9.17, 15) is 9.18 Å². The molecule has 0 amide bonds. The molecule has 0 radical (unpaired) electrons. The molecule has 4 nitrogen and oxygen atoms in total. The second-order valence-corrected chi connectivity index (χ2v) is 4.66. The van der Waals surface area contributed by atoms with Crippen molar-refractivity contribution < 1.29 is 13.5 Å². The average Bonchev–Trinajstić information content (AvgIpc) is 2.54. The Balaban J connectivity index is 2.30. The Labute approximate surface area is 125 Å². The van der Waals surface area contributed by atoms with Gasteiger partial charge in [0.25, 0.3) is 0 Å². The van der Waals surface area contributed by atoms with Gasteiger partial charge in [0.2, 0.25) is 0 Å². The molecule has 1 heterocycles. The smallest absolute Gasteiger partial charge is 0.344 e. The van der Waals surface area contributed by atoms with Gasteiger partial charge in [0.15, 0.2) is 5.58 Å². The molecule has 3 rings (SSSR count). The number of hydrogen-bond donors (Lipinski definition) is 0. The van der Waals surface area contributed by atoms with Crippen LogP contribution in [0.5, 0.6) is 5.75 Å². The van der Waals surface area contributed by atoms with E-state index in [-0.39, 0.29) is 16.7 Å². The summed E-state index contributed by atoms with van der Waals surface area (Å²) in [7, 11) is 1.52. The van der Waals surface area contributed by atoms with Gasteiger partial charge in [-0.1, -0.05) is 12.1 Å². The normalized spacial score (nSPS) is 10.4. The van der Waals surface area contributed by atoms with Crippen LogP contribution in [0.25, 0.3) is 22.1 Å². The Kier molecular flexibility index (Phi) is 3.36. The lowest BCUT2D eigenvalue weighted by Crippen LogP contribution is -2.03. The van der Waals surface area contributed by atoms with E-state index in [1.807, 2.05) is 6.07 Å². The Hall–Kier alpha value is -3.13. The number of nitriles is 1. The summed E-state index contributed by atoms with van der Waals surface area (Å²) >= 11 is 0. The van der Waals surface area contributed by atoms with Crippen molar-refractivity contribution in [2.75, 3.05) is 7.11 Å². The van der Waals surface area contributed by atoms with Gasteiger partial charge in [-0.3, -0.25) is 0 Å². The van der Waals surface area contributed by atoms with Crippen LogP contribution in [0.2, 0.25) is 0 Å². The lowest BCUT2D eigenvalue weighted by molar-refractivity contribution is 0.415. The summed E-state index contributed by atoms with van der Waals surface area (Å²) in [6.07, 6.45) is 0. The number of nitrogens with zero attached hydrogens (tertiary/aromatic N) is 1. The second-order valence-electron chi connectivity index (χ2n) is 4.66. The molecular weight excluding hydrogens is 285 g/mol. The molecule has 0 spiro atoms. The summed E-state index contributed by atoms with van der Waals surface area (Å²) in [5.41, 5.74) is 0.354. The third-order valence-corrected chi connectivity index (χ3v) is 3.30. The molecule has 5 heteroatoms. The van der Waals surface area contributed by atoms with E-state index in [0.29, 0.717) is 16.7 Å². The summed E-state index contributed by atoms with van der Waals surface area (Å²) in [5.74, 6) is 0.0310. The number of ether oxygens (including phenoxy) is 1. The van der Waals surface area contributed by atoms with Gasteiger partial charge in [0.05, 0.1) is 18.2 Å². The fourth-order valence-corrected chi connectivity index (χ4v) is 2.27. The molecule has 1 aromatic heterocycles. The maximum atomic E-state index is 13.5. The standard InChI is InChI=1S/C17H10FNO3/c1-21-14-4-2-3-10(7-14)15-8-11-5-13(18)6-12(9-19)16(11)22-17(15)20/h2-8H,1H3. The molecule has 22 heavy (non-hydrogen) atoms. The summed E-state index contributed by atoms with van der Waals surface area (Å²) in [4.78, 5) is 12.2. The van der Waals surface area contributed by atoms with Crippen molar-refractivity contribution >= 4 is 11.0 Å². The molecule has 3 aromatic rings. The highest BCUT2D eigenvalue weighted by atomic mass is 19.1. The zero-order valence-electron chi connectivity index (χ0n) is 11.6. The molecule has 0 aliphatic heterocycles. The molecule has 0 atom stereocenters. The van der Waals surface area contributed by atoms with E-state index < -0.39 is 11.4 Å². The van der Waals surface area contributed by atoms with E-state index in [2.05, 4.69) is 0 Å². The van der Waals surface area contributed by atoms with Crippen LogP contribution in [-0.2, 0) is 0 Å². The minimum Gasteiger partial charge on any atom is -0.497 e. The quantitative estimate of drug-likeness (QED) is 0.679. The van der Waals surface area contributed by atoms with Crippen molar-refractivity contribution in [1.29, 1.82) is 5.26 Å². The van der Waals surface area contributed by atoms with Crippen LogP contribution in [-0.4, -0.2) is 7.11 Å². The zero-order chi connectivity index (χ0) is 15.7. The third-order valence-electron chi connectivity index (χ3n) is 3.30. The van der Waals surface area contributed by atoms with Crippen LogP contribution in [0.15, 0.2) is 51.7 Å². The van der Waals surface area contributed by atoms with Gasteiger partial charge in [-0.05, 0) is 35.9 Å². The van der Waals surface area contributed by atoms with Crippen molar-refractivity contribution in [2.45, 2.75) is 0 Å². The third kappa shape index (κ3) is 2.31. The summed E-state index contributed by atoms with van der Waals surface area (Å²) < 4.78 is 23.9. The number of methoxy groups -OCH3 is 1. The molecule has 0 aliphatic rings. The van der Waals surface area contributed by atoms with Crippen molar-refractivity contribution in [3.63, 3.8) is 0 Å². The predicted octanol–water partition coefficient (Wildman–Crippen LogP) is 3.48. The van der Waals surface area contributed by atoms with Gasteiger partial charge >= 0.3 is 5.63 Å². The largest absolute Gasteiger partial charge is 0.497 e. The predicted molar refractivity (Wildman–Crippen MR) is 79.1 cm³/mol. The highest BCUT2D eigenvalue weighted by Gasteiger charge is 2.12. The second kappa shape index (κ2) is 5.34. The van der Waals surface area contributed by atoms with Crippen molar-refractivity contribution in [3.8, 4) is 22.9 Å². The highest BCUT2D eigenvalue weighted by Crippen LogP contribution is 2.26. The Morgan fingerprint density at radius 3 is 2.77 bits per heavy atom. The first kappa shape index (κ1) is 13.8. The number of benzene rings is 2. The van der Waals surface area contributed by atoms with E-state index in [1.165, 1.54) is 19.2 Å². The molecule has 0 N–H and O–H groups in total. The molecule has 0 saturated heterocycles. The topological polar surface area (TPSA) is 63.2 Å². The van der Waals surface area contributed by atoms with E-state index in [4.69, 9.17) is 14.4 Å². The number of rotatable bonds is 2. The van der Waals surface area contributed by atoms with Crippen LogP contribution < -0.4 is 10.4 Å². The molecule has 2 aromatic carbocycles. The number of hydrogen-bond acceptors (Lipinski definition) is 4. The first-order valence-electron chi connectivity index (χ1n) is 6.44. The van der Waals surface area contributed by atoms with E-state index in [1.54, 1.807) is 24.3 Å². The van der Waals surface area contributed by atoms with E-state index >= 15 is 0 Å². The molecule has 0 fully saturated rings. The maximum absolute atomic E-state index is 13.5. The van der Waals surface area contributed by atoms with Crippen LogP contribution in [0.3, 0.4) is 0 Å². The summed E-state index contributed by atoms with van der Waals surface area (Å²) in [5, 5.41) is 9.37. The molecule has 0 bridgehead atoms. The first-order valence-corrected chi connectivity index (χ1v) is 6.44. The summed E-state index contributed by atoms with van der Waals surface area (Å²) in [6, 6.07) is 12.5. The number of fused-ring (bicyclic) bond motifs is 1. The monoisotopic (exact) mass is 295 g/mol. The Morgan fingerprint density at radius 2 is 2.05 bits per heavy atom. The van der Waals surface area contributed by atoms with Crippen molar-refractivity contribution in [2.24, 2.45) is 0 Å². The van der Waals surface area contributed by atoms with Crippen LogP contribution in [0.4, 0.5) is 4.39 Å². The average molecular weight is 295 g/mol. The molecule has 0 unspecified atom stereocenters. The van der Waals surface area contributed by atoms with Gasteiger partial charge in [0.1, 0.15) is 17.6 Å². The Morgan fingerprint density at radius 1 is 1.23 bits per heavy atom. The van der Waals surface area contributed by atoms with Crippen LogP contribution in [0, 0.1) is 17.1 Å². The lowest BCUT2D eigenvalue weighted by Gasteiger charge is -2.06. The first-order chi connectivity index (χ1) is 10.6. The summed E-state index contributed by atoms with van der Waals surface area (Å²) in [6.45, 7) is 0. The minimum atomic E-state index is -0.594. The van der Waals surface area contributed by atoms with Gasteiger partial charge in [-0.15, -0.1) is 0 Å². The fourth-order valence-electron chi connectivity index (χ4n) is 2.27. The molecule has 0 saturated carbocycles. The van der Waals surface area contributed by atoms with Gasteiger partial charge < -0.3 is 9.15 Å². The van der Waals surface area contributed by atoms with Crippen molar-refractivity contribution in [3.05, 3.63) is 64.3 Å². The SMILES string of the molecule is COc1cccc(-c2cc3cc(F)cc(C#N)c3oc2=O)c1.